The zero-order chi connectivity index (χ0) is 15.7. The van der Waals surface area contributed by atoms with Gasteiger partial charge in [-0.3, -0.25) is 4.90 Å². The highest BCUT2D eigenvalue weighted by Crippen LogP contribution is 2.40. The summed E-state index contributed by atoms with van der Waals surface area (Å²) in [6.45, 7) is 3.81. The summed E-state index contributed by atoms with van der Waals surface area (Å²) >= 11 is 1.67. The van der Waals surface area contributed by atoms with E-state index in [0.29, 0.717) is 6.61 Å². The summed E-state index contributed by atoms with van der Waals surface area (Å²) in [4.78, 5) is 10.6. The van der Waals surface area contributed by atoms with Crippen molar-refractivity contribution in [1.82, 2.24) is 14.9 Å². The standard InChI is InChI=1S/C16H18FN3O2S/c17-13-2-1-4-19-15(13)21-9-12-3-6-22-16(12)10-20(11-16)8-14-18-5-7-23-14/h1-2,4-5,7,12H,3,6,8-11H2/t12-/m0/s1. The maximum Gasteiger partial charge on any atom is 0.250 e. The fraction of sp³-hybridized carbons (Fsp3) is 0.500. The first-order valence-corrected chi connectivity index (χ1v) is 8.61. The predicted octanol–water partition coefficient (Wildman–Crippen LogP) is 2.35. The molecule has 2 aromatic heterocycles. The summed E-state index contributed by atoms with van der Waals surface area (Å²) in [5.41, 5.74) is -0.150. The maximum absolute atomic E-state index is 13.6. The van der Waals surface area contributed by atoms with Crippen LogP contribution in [0.25, 0.3) is 0 Å². The molecule has 2 saturated heterocycles. The Kier molecular flexibility index (Phi) is 4.00. The van der Waals surface area contributed by atoms with E-state index in [1.54, 1.807) is 23.6 Å². The summed E-state index contributed by atoms with van der Waals surface area (Å²) in [5, 5.41) is 3.12. The Hall–Kier alpha value is -1.57. The van der Waals surface area contributed by atoms with Gasteiger partial charge in [0.15, 0.2) is 5.82 Å². The molecule has 2 fully saturated rings. The largest absolute Gasteiger partial charge is 0.475 e. The Balaban J connectivity index is 1.34. The van der Waals surface area contributed by atoms with Gasteiger partial charge in [0, 0.05) is 43.4 Å². The van der Waals surface area contributed by atoms with Crippen molar-refractivity contribution < 1.29 is 13.9 Å². The van der Waals surface area contributed by atoms with Crippen molar-refractivity contribution in [3.63, 3.8) is 0 Å². The lowest BCUT2D eigenvalue weighted by molar-refractivity contribution is -0.140. The van der Waals surface area contributed by atoms with Crippen LogP contribution in [0.3, 0.4) is 0 Å². The average Bonchev–Trinajstić information content (AvgIpc) is 3.16. The second-order valence-corrected chi connectivity index (χ2v) is 7.05. The number of likely N-dealkylation sites (tertiary alicyclic amines) is 1. The molecule has 0 bridgehead atoms. The third-order valence-electron chi connectivity index (χ3n) is 4.57. The van der Waals surface area contributed by atoms with E-state index in [-0.39, 0.29) is 17.4 Å². The molecule has 0 aromatic carbocycles. The number of hydrogen-bond donors (Lipinski definition) is 0. The fourth-order valence-electron chi connectivity index (χ4n) is 3.37. The molecule has 4 rings (SSSR count). The lowest BCUT2D eigenvalue weighted by Crippen LogP contribution is -2.64. The number of thiazole rings is 1. The van der Waals surface area contributed by atoms with Gasteiger partial charge in [-0.1, -0.05) is 0 Å². The van der Waals surface area contributed by atoms with Crippen LogP contribution >= 0.6 is 11.3 Å². The van der Waals surface area contributed by atoms with Crippen LogP contribution in [0.1, 0.15) is 11.4 Å². The molecule has 122 valence electrons. The molecule has 0 unspecified atom stereocenters. The van der Waals surface area contributed by atoms with Crippen LogP contribution in [0.4, 0.5) is 4.39 Å². The van der Waals surface area contributed by atoms with Crippen molar-refractivity contribution in [2.75, 3.05) is 26.3 Å². The highest BCUT2D eigenvalue weighted by atomic mass is 32.1. The van der Waals surface area contributed by atoms with E-state index in [9.17, 15) is 4.39 Å². The first kappa shape index (κ1) is 15.0. The molecule has 23 heavy (non-hydrogen) atoms. The minimum Gasteiger partial charge on any atom is -0.475 e. The van der Waals surface area contributed by atoms with Crippen LogP contribution in [-0.4, -0.2) is 46.8 Å². The topological polar surface area (TPSA) is 47.5 Å². The van der Waals surface area contributed by atoms with Gasteiger partial charge in [-0.05, 0) is 18.6 Å². The van der Waals surface area contributed by atoms with Crippen LogP contribution in [0, 0.1) is 11.7 Å². The smallest absolute Gasteiger partial charge is 0.250 e. The Morgan fingerprint density at radius 1 is 1.39 bits per heavy atom. The van der Waals surface area contributed by atoms with Gasteiger partial charge in [-0.2, -0.15) is 0 Å². The van der Waals surface area contributed by atoms with Crippen molar-refractivity contribution in [3.05, 3.63) is 40.7 Å². The van der Waals surface area contributed by atoms with Crippen molar-refractivity contribution in [2.45, 2.75) is 18.6 Å². The molecule has 0 N–H and O–H groups in total. The van der Waals surface area contributed by atoms with Gasteiger partial charge in [0.1, 0.15) is 5.01 Å². The summed E-state index contributed by atoms with van der Waals surface area (Å²) in [6.07, 6.45) is 4.32. The van der Waals surface area contributed by atoms with Crippen LogP contribution in [0.15, 0.2) is 29.9 Å². The van der Waals surface area contributed by atoms with Gasteiger partial charge in [-0.25, -0.2) is 14.4 Å². The number of aromatic nitrogens is 2. The minimum atomic E-state index is -0.417. The Bertz CT molecular complexity index is 661. The van der Waals surface area contributed by atoms with E-state index in [1.165, 1.54) is 6.07 Å². The number of nitrogens with zero attached hydrogens (tertiary/aromatic N) is 3. The quantitative estimate of drug-likeness (QED) is 0.839. The normalized spacial score (nSPS) is 23.1. The Morgan fingerprint density at radius 2 is 2.30 bits per heavy atom. The number of rotatable bonds is 5. The molecular formula is C16H18FN3O2S. The SMILES string of the molecule is Fc1cccnc1OC[C@@H]1CCOC12CN(Cc1nccs1)C2. The molecule has 2 aromatic rings. The minimum absolute atomic E-state index is 0.0773. The van der Waals surface area contributed by atoms with Crippen molar-refractivity contribution >= 4 is 11.3 Å². The summed E-state index contributed by atoms with van der Waals surface area (Å²) in [6, 6.07) is 2.92. The van der Waals surface area contributed by atoms with Gasteiger partial charge in [-0.15, -0.1) is 11.3 Å². The van der Waals surface area contributed by atoms with E-state index in [1.807, 2.05) is 11.6 Å². The molecule has 7 heteroatoms. The molecule has 1 spiro atoms. The zero-order valence-electron chi connectivity index (χ0n) is 12.7. The molecule has 2 aliphatic heterocycles. The molecule has 2 aliphatic rings. The molecule has 0 aliphatic carbocycles. The van der Waals surface area contributed by atoms with Gasteiger partial charge in [0.05, 0.1) is 18.8 Å². The highest BCUT2D eigenvalue weighted by Gasteiger charge is 2.53. The van der Waals surface area contributed by atoms with Crippen LogP contribution in [0.2, 0.25) is 0 Å². The Labute approximate surface area is 138 Å². The van der Waals surface area contributed by atoms with Crippen LogP contribution in [-0.2, 0) is 11.3 Å². The molecule has 0 amide bonds. The second-order valence-electron chi connectivity index (χ2n) is 6.07. The number of hydrogen-bond acceptors (Lipinski definition) is 6. The van der Waals surface area contributed by atoms with E-state index < -0.39 is 5.82 Å². The molecule has 0 saturated carbocycles. The van der Waals surface area contributed by atoms with Crippen LogP contribution < -0.4 is 4.74 Å². The average molecular weight is 335 g/mol. The fourth-order valence-corrected chi connectivity index (χ4v) is 4.03. The highest BCUT2D eigenvalue weighted by molar-refractivity contribution is 7.09. The van der Waals surface area contributed by atoms with Gasteiger partial charge >= 0.3 is 0 Å². The maximum atomic E-state index is 13.6. The summed E-state index contributed by atoms with van der Waals surface area (Å²) < 4.78 is 25.2. The van der Waals surface area contributed by atoms with Crippen molar-refractivity contribution in [2.24, 2.45) is 5.92 Å². The van der Waals surface area contributed by atoms with E-state index in [0.717, 1.165) is 37.7 Å². The number of pyridine rings is 1. The molecular weight excluding hydrogens is 317 g/mol. The first-order valence-electron chi connectivity index (χ1n) is 7.73. The third kappa shape index (κ3) is 2.96. The van der Waals surface area contributed by atoms with E-state index in [2.05, 4.69) is 14.9 Å². The van der Waals surface area contributed by atoms with Gasteiger partial charge < -0.3 is 9.47 Å². The first-order chi connectivity index (χ1) is 11.3. The molecule has 0 radical (unpaired) electrons. The van der Waals surface area contributed by atoms with E-state index >= 15 is 0 Å². The summed E-state index contributed by atoms with van der Waals surface area (Å²) in [5.74, 6) is -0.0653. The molecule has 4 heterocycles. The van der Waals surface area contributed by atoms with Gasteiger partial charge in [0.25, 0.3) is 0 Å². The van der Waals surface area contributed by atoms with Crippen LogP contribution in [0.5, 0.6) is 5.88 Å². The lowest BCUT2D eigenvalue weighted by atomic mass is 9.81. The third-order valence-corrected chi connectivity index (χ3v) is 5.34. The number of ether oxygens (including phenoxy) is 2. The molecule has 5 nitrogen and oxygen atoms in total. The monoisotopic (exact) mass is 335 g/mol. The van der Waals surface area contributed by atoms with Crippen molar-refractivity contribution in [1.29, 1.82) is 0 Å². The van der Waals surface area contributed by atoms with E-state index in [4.69, 9.17) is 9.47 Å². The molecule has 1 atom stereocenters. The second kappa shape index (κ2) is 6.14. The Morgan fingerprint density at radius 3 is 3.09 bits per heavy atom. The summed E-state index contributed by atoms with van der Waals surface area (Å²) in [7, 11) is 0. The predicted molar refractivity (Wildman–Crippen MR) is 83.9 cm³/mol. The lowest BCUT2D eigenvalue weighted by Gasteiger charge is -2.49. The zero-order valence-corrected chi connectivity index (χ0v) is 13.5. The number of halogens is 1. The van der Waals surface area contributed by atoms with Crippen molar-refractivity contribution in [3.8, 4) is 5.88 Å². The van der Waals surface area contributed by atoms with Gasteiger partial charge in [0.2, 0.25) is 5.88 Å².